The van der Waals surface area contributed by atoms with Crippen LogP contribution in [0.4, 0.5) is 0 Å². The molecule has 0 saturated carbocycles. The lowest BCUT2D eigenvalue weighted by molar-refractivity contribution is -0.138. The Balaban J connectivity index is 1.96. The highest BCUT2D eigenvalue weighted by molar-refractivity contribution is 5.75. The Hall–Kier alpha value is -1.35. The SMILES string of the molecule is CC(C(=O)O)c1ccc(CN2CCCCC2)cc1. The average molecular weight is 247 g/mol. The summed E-state index contributed by atoms with van der Waals surface area (Å²) in [6.45, 7) is 5.09. The van der Waals surface area contributed by atoms with Gasteiger partial charge in [-0.25, -0.2) is 0 Å². The zero-order chi connectivity index (χ0) is 13.0. The first kappa shape index (κ1) is 13.1. The van der Waals surface area contributed by atoms with Gasteiger partial charge in [0.15, 0.2) is 0 Å². The van der Waals surface area contributed by atoms with Crippen molar-refractivity contribution in [2.75, 3.05) is 13.1 Å². The van der Waals surface area contributed by atoms with Crippen LogP contribution in [0.15, 0.2) is 24.3 Å². The molecule has 1 atom stereocenters. The van der Waals surface area contributed by atoms with Crippen LogP contribution in [0.3, 0.4) is 0 Å². The van der Waals surface area contributed by atoms with Gasteiger partial charge in [-0.1, -0.05) is 30.7 Å². The summed E-state index contributed by atoms with van der Waals surface area (Å²) in [5.74, 6) is -1.19. The van der Waals surface area contributed by atoms with E-state index in [0.29, 0.717) is 0 Å². The highest BCUT2D eigenvalue weighted by Crippen LogP contribution is 2.18. The number of hydrogen-bond acceptors (Lipinski definition) is 2. The summed E-state index contributed by atoms with van der Waals surface area (Å²) in [6.07, 6.45) is 3.95. The first-order valence-corrected chi connectivity index (χ1v) is 6.71. The van der Waals surface area contributed by atoms with Gasteiger partial charge in [-0.2, -0.15) is 0 Å². The number of rotatable bonds is 4. The van der Waals surface area contributed by atoms with Crippen LogP contribution in [0, 0.1) is 0 Å². The fourth-order valence-electron chi connectivity index (χ4n) is 2.43. The molecule has 0 spiro atoms. The van der Waals surface area contributed by atoms with E-state index in [1.165, 1.54) is 37.9 Å². The quantitative estimate of drug-likeness (QED) is 0.889. The minimum absolute atomic E-state index is 0.422. The normalized spacial score (nSPS) is 18.5. The maximum Gasteiger partial charge on any atom is 0.310 e. The van der Waals surface area contributed by atoms with Gasteiger partial charge >= 0.3 is 5.97 Å². The molecule has 1 aromatic carbocycles. The number of piperidine rings is 1. The highest BCUT2D eigenvalue weighted by atomic mass is 16.4. The van der Waals surface area contributed by atoms with Crippen molar-refractivity contribution in [3.8, 4) is 0 Å². The lowest BCUT2D eigenvalue weighted by Gasteiger charge is -2.26. The molecule has 1 N–H and O–H groups in total. The summed E-state index contributed by atoms with van der Waals surface area (Å²) < 4.78 is 0. The number of benzene rings is 1. The molecule has 1 unspecified atom stereocenters. The molecule has 0 bridgehead atoms. The monoisotopic (exact) mass is 247 g/mol. The maximum absolute atomic E-state index is 10.9. The fraction of sp³-hybridized carbons (Fsp3) is 0.533. The number of carboxylic acids is 1. The minimum atomic E-state index is -0.765. The van der Waals surface area contributed by atoms with Gasteiger partial charge in [-0.3, -0.25) is 9.69 Å². The molecule has 2 rings (SSSR count). The smallest absolute Gasteiger partial charge is 0.310 e. The lowest BCUT2D eigenvalue weighted by Crippen LogP contribution is -2.29. The van der Waals surface area contributed by atoms with Gasteiger partial charge in [-0.15, -0.1) is 0 Å². The standard InChI is InChI=1S/C15H21NO2/c1-12(15(17)18)14-7-5-13(6-8-14)11-16-9-3-2-4-10-16/h5-8,12H,2-4,9-11H2,1H3,(H,17,18). The summed E-state index contributed by atoms with van der Waals surface area (Å²) in [5.41, 5.74) is 2.16. The fourth-order valence-corrected chi connectivity index (χ4v) is 2.43. The van der Waals surface area contributed by atoms with Gasteiger partial charge in [-0.05, 0) is 44.0 Å². The molecule has 0 amide bonds. The van der Waals surface area contributed by atoms with Crippen molar-refractivity contribution in [2.45, 2.75) is 38.6 Å². The van der Waals surface area contributed by atoms with Crippen LogP contribution in [-0.4, -0.2) is 29.1 Å². The van der Waals surface area contributed by atoms with E-state index in [1.807, 2.05) is 12.1 Å². The van der Waals surface area contributed by atoms with Crippen LogP contribution < -0.4 is 0 Å². The Labute approximate surface area is 108 Å². The van der Waals surface area contributed by atoms with E-state index in [0.717, 1.165) is 12.1 Å². The third-order valence-electron chi connectivity index (χ3n) is 3.71. The molecule has 1 heterocycles. The predicted octanol–water partition coefficient (Wildman–Crippen LogP) is 2.86. The van der Waals surface area contributed by atoms with Crippen LogP contribution in [0.2, 0.25) is 0 Å². The first-order chi connectivity index (χ1) is 8.66. The summed E-state index contributed by atoms with van der Waals surface area (Å²) in [5, 5.41) is 8.96. The van der Waals surface area contributed by atoms with Gasteiger partial charge in [0.25, 0.3) is 0 Å². The first-order valence-electron chi connectivity index (χ1n) is 6.71. The van der Waals surface area contributed by atoms with Crippen molar-refractivity contribution >= 4 is 5.97 Å². The zero-order valence-corrected chi connectivity index (χ0v) is 10.9. The van der Waals surface area contributed by atoms with Gasteiger partial charge in [0.1, 0.15) is 0 Å². The van der Waals surface area contributed by atoms with Crippen LogP contribution in [-0.2, 0) is 11.3 Å². The van der Waals surface area contributed by atoms with Crippen molar-refractivity contribution in [2.24, 2.45) is 0 Å². The Morgan fingerprint density at radius 2 is 1.83 bits per heavy atom. The Morgan fingerprint density at radius 3 is 2.39 bits per heavy atom. The molecule has 1 aliphatic heterocycles. The second-order valence-electron chi connectivity index (χ2n) is 5.14. The molecule has 98 valence electrons. The minimum Gasteiger partial charge on any atom is -0.481 e. The molecule has 0 radical (unpaired) electrons. The molecule has 1 aromatic rings. The van der Waals surface area contributed by atoms with Crippen molar-refractivity contribution in [3.05, 3.63) is 35.4 Å². The molecular weight excluding hydrogens is 226 g/mol. The average Bonchev–Trinajstić information content (AvgIpc) is 2.40. The van der Waals surface area contributed by atoms with Crippen molar-refractivity contribution < 1.29 is 9.90 Å². The van der Waals surface area contributed by atoms with Crippen LogP contribution in [0.1, 0.15) is 43.2 Å². The zero-order valence-electron chi connectivity index (χ0n) is 10.9. The number of carbonyl (C=O) groups is 1. The number of likely N-dealkylation sites (tertiary alicyclic amines) is 1. The maximum atomic E-state index is 10.9. The van der Waals surface area contributed by atoms with E-state index in [1.54, 1.807) is 6.92 Å². The Bertz CT molecular complexity index is 393. The van der Waals surface area contributed by atoms with Crippen molar-refractivity contribution in [1.29, 1.82) is 0 Å². The number of carboxylic acid groups (broad SMARTS) is 1. The predicted molar refractivity (Wildman–Crippen MR) is 71.6 cm³/mol. The molecule has 3 nitrogen and oxygen atoms in total. The molecule has 1 saturated heterocycles. The summed E-state index contributed by atoms with van der Waals surface area (Å²) in [6, 6.07) is 8.00. The highest BCUT2D eigenvalue weighted by Gasteiger charge is 2.14. The lowest BCUT2D eigenvalue weighted by atomic mass is 10.00. The Kier molecular flexibility index (Phi) is 4.37. The van der Waals surface area contributed by atoms with Gasteiger partial charge in [0.2, 0.25) is 0 Å². The molecule has 3 heteroatoms. The van der Waals surface area contributed by atoms with Gasteiger partial charge in [0.05, 0.1) is 5.92 Å². The van der Waals surface area contributed by atoms with E-state index in [-0.39, 0.29) is 0 Å². The van der Waals surface area contributed by atoms with Crippen LogP contribution in [0.5, 0.6) is 0 Å². The van der Waals surface area contributed by atoms with Crippen molar-refractivity contribution in [1.82, 2.24) is 4.90 Å². The number of aliphatic carboxylic acids is 1. The van der Waals surface area contributed by atoms with E-state index in [4.69, 9.17) is 5.11 Å². The molecule has 18 heavy (non-hydrogen) atoms. The van der Waals surface area contributed by atoms with Gasteiger partial charge < -0.3 is 5.11 Å². The number of hydrogen-bond donors (Lipinski definition) is 1. The van der Waals surface area contributed by atoms with E-state index in [2.05, 4.69) is 17.0 Å². The van der Waals surface area contributed by atoms with E-state index < -0.39 is 11.9 Å². The second kappa shape index (κ2) is 6.01. The largest absolute Gasteiger partial charge is 0.481 e. The third kappa shape index (κ3) is 3.33. The molecular formula is C15H21NO2. The number of nitrogens with zero attached hydrogens (tertiary/aromatic N) is 1. The molecule has 0 aliphatic carbocycles. The van der Waals surface area contributed by atoms with E-state index >= 15 is 0 Å². The van der Waals surface area contributed by atoms with Crippen molar-refractivity contribution in [3.63, 3.8) is 0 Å². The molecule has 1 aliphatic rings. The third-order valence-corrected chi connectivity index (χ3v) is 3.71. The summed E-state index contributed by atoms with van der Waals surface area (Å²) in [4.78, 5) is 13.4. The second-order valence-corrected chi connectivity index (χ2v) is 5.14. The summed E-state index contributed by atoms with van der Waals surface area (Å²) in [7, 11) is 0. The Morgan fingerprint density at radius 1 is 1.22 bits per heavy atom. The van der Waals surface area contributed by atoms with E-state index in [9.17, 15) is 4.79 Å². The van der Waals surface area contributed by atoms with Crippen LogP contribution >= 0.6 is 0 Å². The molecule has 0 aromatic heterocycles. The van der Waals surface area contributed by atoms with Gasteiger partial charge in [0, 0.05) is 6.54 Å². The summed E-state index contributed by atoms with van der Waals surface area (Å²) >= 11 is 0. The topological polar surface area (TPSA) is 40.5 Å². The van der Waals surface area contributed by atoms with Crippen LogP contribution in [0.25, 0.3) is 0 Å². The molecule has 1 fully saturated rings.